The van der Waals surface area contributed by atoms with Crippen LogP contribution in [0.5, 0.6) is 0 Å². The van der Waals surface area contributed by atoms with Gasteiger partial charge in [-0.3, -0.25) is 4.79 Å². The van der Waals surface area contributed by atoms with Crippen molar-refractivity contribution in [2.45, 2.75) is 213 Å². The molecule has 12 unspecified atom stereocenters. The predicted molar refractivity (Wildman–Crippen MR) is 220 cm³/mol. The van der Waals surface area contributed by atoms with Gasteiger partial charge in [0, 0.05) is 6.42 Å². The molecular formula is C49H87NO2. The third-order valence-corrected chi connectivity index (χ3v) is 15.9. The number of unbranched alkanes of at least 4 members (excludes halogenated alkanes) is 10. The predicted octanol–water partition coefficient (Wildman–Crippen LogP) is 13.7. The zero-order valence-corrected chi connectivity index (χ0v) is 35.2. The van der Waals surface area contributed by atoms with Crippen LogP contribution in [0.1, 0.15) is 206 Å². The molecular weight excluding hydrogens is 635 g/mol. The van der Waals surface area contributed by atoms with Crippen molar-refractivity contribution in [1.82, 2.24) is 4.90 Å². The molecule has 3 heteroatoms. The average Bonchev–Trinajstić information content (AvgIpc) is 3.89. The van der Waals surface area contributed by atoms with E-state index in [0.717, 1.165) is 96.8 Å². The fourth-order valence-corrected chi connectivity index (χ4v) is 11.5. The van der Waals surface area contributed by atoms with Gasteiger partial charge in [0.1, 0.15) is 6.10 Å². The maximum Gasteiger partial charge on any atom is 0.306 e. The van der Waals surface area contributed by atoms with Gasteiger partial charge in [-0.05, 0) is 188 Å². The Morgan fingerprint density at radius 2 is 0.827 bits per heavy atom. The van der Waals surface area contributed by atoms with Crippen LogP contribution in [0.15, 0.2) is 0 Å². The van der Waals surface area contributed by atoms with E-state index in [0.29, 0.717) is 6.42 Å². The van der Waals surface area contributed by atoms with E-state index in [4.69, 9.17) is 4.74 Å². The Labute approximate surface area is 323 Å². The van der Waals surface area contributed by atoms with Gasteiger partial charge in [0.25, 0.3) is 0 Å². The first kappa shape index (κ1) is 41.1. The van der Waals surface area contributed by atoms with Crippen LogP contribution in [0.3, 0.4) is 0 Å². The highest BCUT2D eigenvalue weighted by atomic mass is 16.5. The molecule has 0 N–H and O–H groups in total. The molecule has 0 saturated heterocycles. The largest absolute Gasteiger partial charge is 0.462 e. The normalized spacial score (nSPS) is 35.8. The number of hydrogen-bond donors (Lipinski definition) is 0. The SMILES string of the molecule is CCC1CC1CC1CC1CC1CC1CCCCCCCCC(CCCCCCCCC1CC1CC1CC1CC1C[C@H]1CC)OC(=O)CCCN(C)C. The minimum atomic E-state index is 0.0408. The smallest absolute Gasteiger partial charge is 0.306 e. The lowest BCUT2D eigenvalue weighted by Crippen LogP contribution is -2.20. The highest BCUT2D eigenvalue weighted by Gasteiger charge is 2.49. The summed E-state index contributed by atoms with van der Waals surface area (Å²) in [6.07, 6.45) is 41.8. The van der Waals surface area contributed by atoms with Crippen molar-refractivity contribution in [3.8, 4) is 0 Å². The van der Waals surface area contributed by atoms with Crippen LogP contribution in [-0.2, 0) is 9.53 Å². The second-order valence-corrected chi connectivity index (χ2v) is 20.7. The Bertz CT molecular complexity index is 959. The van der Waals surface area contributed by atoms with Crippen LogP contribution in [0.25, 0.3) is 0 Å². The number of ether oxygens (including phenoxy) is 1. The molecule has 0 aromatic rings. The van der Waals surface area contributed by atoms with E-state index in [9.17, 15) is 4.79 Å². The van der Waals surface area contributed by atoms with E-state index in [2.05, 4.69) is 32.8 Å². The number of carbonyl (C=O) groups is 1. The average molecular weight is 722 g/mol. The molecule has 300 valence electrons. The molecule has 6 aliphatic rings. The minimum absolute atomic E-state index is 0.0408. The van der Waals surface area contributed by atoms with Crippen LogP contribution in [-0.4, -0.2) is 37.6 Å². The summed E-state index contributed by atoms with van der Waals surface area (Å²) in [6.45, 7) is 5.74. The molecule has 0 bridgehead atoms. The summed E-state index contributed by atoms with van der Waals surface area (Å²) >= 11 is 0. The van der Waals surface area contributed by atoms with Crippen molar-refractivity contribution < 1.29 is 9.53 Å². The fourth-order valence-electron chi connectivity index (χ4n) is 11.5. The Kier molecular flexibility index (Phi) is 16.7. The van der Waals surface area contributed by atoms with Crippen molar-refractivity contribution in [2.75, 3.05) is 20.6 Å². The molecule has 0 spiro atoms. The second kappa shape index (κ2) is 21.1. The molecule has 0 radical (unpaired) electrons. The van der Waals surface area contributed by atoms with Gasteiger partial charge in [0.15, 0.2) is 0 Å². The minimum Gasteiger partial charge on any atom is -0.462 e. The molecule has 0 aromatic heterocycles. The summed E-state index contributed by atoms with van der Waals surface area (Å²) in [5.74, 6) is 13.4. The zero-order chi connectivity index (χ0) is 36.3. The maximum atomic E-state index is 12.7. The molecule has 3 nitrogen and oxygen atoms in total. The van der Waals surface area contributed by atoms with Crippen LogP contribution in [0.4, 0.5) is 0 Å². The molecule has 0 aromatic carbocycles. The number of esters is 1. The molecule has 52 heavy (non-hydrogen) atoms. The van der Waals surface area contributed by atoms with Crippen molar-refractivity contribution in [1.29, 1.82) is 0 Å². The molecule has 0 heterocycles. The van der Waals surface area contributed by atoms with Gasteiger partial charge in [-0.25, -0.2) is 0 Å². The van der Waals surface area contributed by atoms with Crippen molar-refractivity contribution in [3.05, 3.63) is 0 Å². The fraction of sp³-hybridized carbons (Fsp3) is 0.980. The van der Waals surface area contributed by atoms with Crippen molar-refractivity contribution >= 4 is 5.97 Å². The first-order valence-electron chi connectivity index (χ1n) is 24.2. The summed E-state index contributed by atoms with van der Waals surface area (Å²) in [6, 6.07) is 0. The molecule has 6 rings (SSSR count). The molecule has 0 aliphatic heterocycles. The van der Waals surface area contributed by atoms with E-state index >= 15 is 0 Å². The number of rotatable bonds is 33. The van der Waals surface area contributed by atoms with E-state index in [1.54, 1.807) is 64.2 Å². The second-order valence-electron chi connectivity index (χ2n) is 20.7. The summed E-state index contributed by atoms with van der Waals surface area (Å²) < 4.78 is 6.09. The highest BCUT2D eigenvalue weighted by molar-refractivity contribution is 5.69. The molecule has 6 aliphatic carbocycles. The van der Waals surface area contributed by atoms with E-state index in [1.807, 2.05) is 0 Å². The Morgan fingerprint density at radius 3 is 1.23 bits per heavy atom. The molecule has 13 atom stereocenters. The molecule has 6 saturated carbocycles. The lowest BCUT2D eigenvalue weighted by Gasteiger charge is -2.18. The molecule has 0 amide bonds. The van der Waals surface area contributed by atoms with E-state index in [-0.39, 0.29) is 12.1 Å². The summed E-state index contributed by atoms with van der Waals surface area (Å²) in [4.78, 5) is 14.8. The Morgan fingerprint density at radius 1 is 0.481 bits per heavy atom. The van der Waals surface area contributed by atoms with Gasteiger partial charge in [0.2, 0.25) is 0 Å². The summed E-state index contributed by atoms with van der Waals surface area (Å²) in [7, 11) is 4.17. The van der Waals surface area contributed by atoms with Crippen molar-refractivity contribution in [3.63, 3.8) is 0 Å². The number of nitrogens with zero attached hydrogens (tertiary/aromatic N) is 1. The number of hydrogen-bond acceptors (Lipinski definition) is 3. The van der Waals surface area contributed by atoms with E-state index in [1.165, 1.54) is 103 Å². The number of carbonyl (C=O) groups excluding carboxylic acids is 1. The summed E-state index contributed by atoms with van der Waals surface area (Å²) in [5, 5.41) is 0. The van der Waals surface area contributed by atoms with Crippen LogP contribution in [0, 0.1) is 71.0 Å². The Hall–Kier alpha value is -0.570. The third-order valence-electron chi connectivity index (χ3n) is 15.9. The topological polar surface area (TPSA) is 29.5 Å². The van der Waals surface area contributed by atoms with E-state index < -0.39 is 0 Å². The van der Waals surface area contributed by atoms with Gasteiger partial charge in [-0.15, -0.1) is 0 Å². The van der Waals surface area contributed by atoms with Gasteiger partial charge in [0.05, 0.1) is 0 Å². The standard InChI is InChI=1S/C49H87NO2/c1-5-36-26-40(36)30-44-34-46(44)32-42-28-38(42)20-15-11-7-9-13-17-22-48(52-49(51)24-19-25-50(3)4)23-18-14-10-8-12-16-21-39-29-43(39)33-47-35-45(47)31-41-27-37(41)6-2/h36-48H,5-35H2,1-4H3/t36-,37?,38?,39?,40?,41?,42?,43?,44?,45?,46?,47?,48?/m1/s1. The Balaban J connectivity index is 0.729. The monoisotopic (exact) mass is 722 g/mol. The van der Waals surface area contributed by atoms with Crippen LogP contribution >= 0.6 is 0 Å². The van der Waals surface area contributed by atoms with Gasteiger partial charge in [-0.2, -0.15) is 0 Å². The highest BCUT2D eigenvalue weighted by Crippen LogP contribution is 2.59. The first-order valence-corrected chi connectivity index (χ1v) is 24.2. The first-order chi connectivity index (χ1) is 25.4. The van der Waals surface area contributed by atoms with Crippen LogP contribution in [0.2, 0.25) is 0 Å². The third kappa shape index (κ3) is 15.2. The molecule has 6 fully saturated rings. The van der Waals surface area contributed by atoms with Crippen LogP contribution < -0.4 is 0 Å². The van der Waals surface area contributed by atoms with Crippen molar-refractivity contribution in [2.24, 2.45) is 71.0 Å². The van der Waals surface area contributed by atoms with Gasteiger partial charge in [-0.1, -0.05) is 104 Å². The quantitative estimate of drug-likeness (QED) is 0.0499. The van der Waals surface area contributed by atoms with Gasteiger partial charge >= 0.3 is 5.97 Å². The zero-order valence-electron chi connectivity index (χ0n) is 35.2. The maximum absolute atomic E-state index is 12.7. The van der Waals surface area contributed by atoms with Gasteiger partial charge < -0.3 is 9.64 Å². The summed E-state index contributed by atoms with van der Waals surface area (Å²) in [5.41, 5.74) is 0. The lowest BCUT2D eigenvalue weighted by molar-refractivity contribution is -0.150. The lowest BCUT2D eigenvalue weighted by atomic mass is 10.0.